The number of nitrogens with two attached hydrogens (primary N) is 1. The van der Waals surface area contributed by atoms with Crippen LogP contribution < -0.4 is 15.9 Å². The summed E-state index contributed by atoms with van der Waals surface area (Å²) in [6, 6.07) is 0. The Morgan fingerprint density at radius 2 is 2.03 bits per heavy atom. The molecule has 4 heterocycles. The summed E-state index contributed by atoms with van der Waals surface area (Å²) in [5.74, 6) is -0.939. The predicted octanol–water partition coefficient (Wildman–Crippen LogP) is -0.674. The van der Waals surface area contributed by atoms with Crippen LogP contribution in [0.2, 0.25) is 0 Å². The van der Waals surface area contributed by atoms with Gasteiger partial charge in [-0.25, -0.2) is 23.0 Å². The lowest BCUT2D eigenvalue weighted by molar-refractivity contribution is -0.745. The molecule has 1 aliphatic rings. The topological polar surface area (TPSA) is 247 Å². The van der Waals surface area contributed by atoms with Gasteiger partial charge in [0.25, 0.3) is 11.5 Å². The number of imidazole rings is 2. The summed E-state index contributed by atoms with van der Waals surface area (Å²) in [7, 11) is -8.54. The third-order valence-corrected chi connectivity index (χ3v) is 8.59. The number of hydrogen-bond donors (Lipinski definition) is 5. The van der Waals surface area contributed by atoms with E-state index in [9.17, 15) is 33.6 Å². The largest absolute Gasteiger partial charge is 0.480 e. The Balaban J connectivity index is 1.62. The van der Waals surface area contributed by atoms with Crippen LogP contribution in [0.25, 0.3) is 11.2 Å². The van der Waals surface area contributed by atoms with E-state index in [0.717, 1.165) is 18.7 Å². The molecule has 39 heavy (non-hydrogen) atoms. The summed E-state index contributed by atoms with van der Waals surface area (Å²) < 4.78 is 48.8. The van der Waals surface area contributed by atoms with E-state index in [-0.39, 0.29) is 17.1 Å². The summed E-state index contributed by atoms with van der Waals surface area (Å²) >= 11 is 0. The van der Waals surface area contributed by atoms with E-state index in [1.807, 2.05) is 0 Å². The molecule has 3 aromatic heterocycles. The lowest BCUT2D eigenvalue weighted by atomic mass is 9.97. The van der Waals surface area contributed by atoms with Crippen LogP contribution in [0.15, 0.2) is 29.8 Å². The van der Waals surface area contributed by atoms with Crippen molar-refractivity contribution in [2.24, 2.45) is 12.5 Å². The zero-order valence-corrected chi connectivity index (χ0v) is 22.9. The molecule has 6 N–H and O–H groups in total. The summed E-state index contributed by atoms with van der Waals surface area (Å²) in [6.45, 7) is 3.89. The Kier molecular flexibility index (Phi) is 7.61. The van der Waals surface area contributed by atoms with Gasteiger partial charge in [0.05, 0.1) is 19.1 Å². The highest BCUT2D eigenvalue weighted by Gasteiger charge is 2.52. The minimum absolute atomic E-state index is 0.0305. The van der Waals surface area contributed by atoms with Crippen LogP contribution in [0.1, 0.15) is 27.0 Å². The van der Waals surface area contributed by atoms with Crippen LogP contribution in [0.3, 0.4) is 0 Å². The molecule has 18 nitrogen and oxygen atoms in total. The average Bonchev–Trinajstić information content (AvgIpc) is 3.51. The van der Waals surface area contributed by atoms with Crippen LogP contribution >= 0.6 is 15.6 Å². The molecule has 1 saturated heterocycles. The van der Waals surface area contributed by atoms with E-state index in [0.29, 0.717) is 4.34 Å². The smallest absolute Gasteiger partial charge is 0.456 e. The van der Waals surface area contributed by atoms with Gasteiger partial charge >= 0.3 is 27.2 Å². The molecule has 214 valence electrons. The molecule has 0 aliphatic carbocycles. The number of aromatic amines is 1. The second-order valence-electron chi connectivity index (χ2n) is 9.71. The van der Waals surface area contributed by atoms with Gasteiger partial charge in [-0.05, 0) is 20.8 Å². The van der Waals surface area contributed by atoms with Gasteiger partial charge in [0.1, 0.15) is 12.4 Å². The number of nitrogens with one attached hydrogen (secondary N) is 1. The molecule has 0 radical (unpaired) electrons. The zero-order chi connectivity index (χ0) is 28.9. The number of rotatable bonds is 8. The van der Waals surface area contributed by atoms with Crippen LogP contribution in [0.5, 0.6) is 0 Å². The second-order valence-corrected chi connectivity index (χ2v) is 13.0. The first-order valence-electron chi connectivity index (χ1n) is 11.3. The molecule has 4 rings (SSSR count). The number of aromatic nitrogens is 6. The van der Waals surface area contributed by atoms with Crippen molar-refractivity contribution in [3.05, 3.63) is 35.4 Å². The molecule has 0 aromatic carbocycles. The van der Waals surface area contributed by atoms with E-state index in [4.69, 9.17) is 19.7 Å². The number of aliphatic hydroxyl groups excluding tert-OH is 1. The van der Waals surface area contributed by atoms with Crippen LogP contribution in [-0.4, -0.2) is 69.6 Å². The lowest BCUT2D eigenvalue weighted by Crippen LogP contribution is -2.47. The Morgan fingerprint density at radius 1 is 1.33 bits per heavy atom. The first-order chi connectivity index (χ1) is 18.0. The maximum atomic E-state index is 12.7. The number of aliphatic hydroxyl groups is 1. The standard InChI is InChI=1S/C19H27N7O11P2/c1-19(2,3)17(29)36-13-10(7-34-39(32,33)37-38(30,31)25-6-5-21-8-25)35-16(12(13)27)26-9-24(4)11-14(26)22-18(20)23-15(11)28/h5-6,8-10,12-13,16,27H,7H2,1-4H3,(H4-,20,22,23,28,30,31,32,33)/p+1/t10-,12-,13-,16-/m1/s1. The highest BCUT2D eigenvalue weighted by Crippen LogP contribution is 2.60. The quantitative estimate of drug-likeness (QED) is 0.124. The summed E-state index contributed by atoms with van der Waals surface area (Å²) in [4.78, 5) is 55.2. The molecule has 0 spiro atoms. The van der Waals surface area contributed by atoms with E-state index >= 15 is 0 Å². The summed E-state index contributed by atoms with van der Waals surface area (Å²) in [5.41, 5.74) is 4.24. The number of ether oxygens (including phenoxy) is 2. The molecule has 6 atom stereocenters. The molecule has 0 bridgehead atoms. The van der Waals surface area contributed by atoms with Crippen LogP contribution in [0, 0.1) is 5.41 Å². The molecule has 1 aliphatic heterocycles. The number of phosphoric ester groups is 1. The number of carbonyl (C=O) groups is 1. The maximum Gasteiger partial charge on any atom is 0.480 e. The van der Waals surface area contributed by atoms with E-state index in [1.165, 1.54) is 22.5 Å². The fourth-order valence-corrected chi connectivity index (χ4v) is 6.11. The molecular formula is C19H28N7O11P2+. The number of hydrogen-bond acceptors (Lipinski definition) is 12. The van der Waals surface area contributed by atoms with E-state index in [1.54, 1.807) is 20.8 Å². The first-order valence-corrected chi connectivity index (χ1v) is 14.3. The van der Waals surface area contributed by atoms with Gasteiger partial charge in [-0.3, -0.25) is 23.7 Å². The monoisotopic (exact) mass is 592 g/mol. The van der Waals surface area contributed by atoms with Crippen molar-refractivity contribution >= 4 is 38.7 Å². The van der Waals surface area contributed by atoms with Crippen molar-refractivity contribution < 1.29 is 51.7 Å². The van der Waals surface area contributed by atoms with Crippen molar-refractivity contribution in [3.63, 3.8) is 0 Å². The van der Waals surface area contributed by atoms with Gasteiger partial charge in [-0.2, -0.15) is 4.31 Å². The first kappa shape index (κ1) is 29.0. The van der Waals surface area contributed by atoms with Crippen molar-refractivity contribution in [1.29, 1.82) is 0 Å². The third-order valence-electron chi connectivity index (χ3n) is 5.62. The van der Waals surface area contributed by atoms with Gasteiger partial charge in [0.2, 0.25) is 11.7 Å². The Labute approximate surface area is 220 Å². The Morgan fingerprint density at radius 3 is 2.64 bits per heavy atom. The number of carbonyl (C=O) groups excluding carboxylic acids is 1. The normalized spacial score (nSPS) is 24.9. The van der Waals surface area contributed by atoms with Gasteiger partial charge in [-0.15, -0.1) is 0 Å². The average molecular weight is 592 g/mol. The summed E-state index contributed by atoms with van der Waals surface area (Å²) in [6.07, 6.45) is -1.27. The molecular weight excluding hydrogens is 564 g/mol. The molecule has 20 heteroatoms. The van der Waals surface area contributed by atoms with Crippen molar-refractivity contribution in [1.82, 2.24) is 23.9 Å². The molecule has 0 saturated carbocycles. The molecule has 1 fully saturated rings. The van der Waals surface area contributed by atoms with Gasteiger partial charge in [0, 0.05) is 12.4 Å². The number of nitrogen functional groups attached to an aromatic ring is 1. The number of esters is 1. The second kappa shape index (κ2) is 10.2. The van der Waals surface area contributed by atoms with E-state index < -0.39 is 63.7 Å². The summed E-state index contributed by atoms with van der Waals surface area (Å²) in [5, 5.41) is 11.1. The maximum absolute atomic E-state index is 12.7. The van der Waals surface area contributed by atoms with Crippen molar-refractivity contribution in [2.75, 3.05) is 12.3 Å². The highest BCUT2D eigenvalue weighted by atomic mass is 31.3. The number of phosphoric acid groups is 1. The minimum Gasteiger partial charge on any atom is -0.456 e. The number of anilines is 1. The highest BCUT2D eigenvalue weighted by molar-refractivity contribution is 7.63. The molecule has 0 amide bonds. The SMILES string of the molecule is Cn1c[n+]([C@@H]2O[C@H](COP(=O)(O)OP(=O)(O)n3ccnc3)[C@@H](OC(=O)C(C)(C)C)[C@H]2O)c2nc(N)[nH]c(=O)c21. The Bertz CT molecular complexity index is 1530. The fourth-order valence-electron chi connectivity index (χ4n) is 3.75. The van der Waals surface area contributed by atoms with Gasteiger partial charge in [-0.1, -0.05) is 4.98 Å². The zero-order valence-electron chi connectivity index (χ0n) is 21.1. The predicted molar refractivity (Wildman–Crippen MR) is 130 cm³/mol. The number of nitrogens with zero attached hydrogens (tertiary/aromatic N) is 5. The van der Waals surface area contributed by atoms with E-state index in [2.05, 4.69) is 19.3 Å². The lowest BCUT2D eigenvalue weighted by Gasteiger charge is -2.25. The van der Waals surface area contributed by atoms with Crippen molar-refractivity contribution in [2.45, 2.75) is 45.3 Å². The van der Waals surface area contributed by atoms with Gasteiger partial charge < -0.3 is 30.1 Å². The number of H-pyrrole nitrogens is 1. The number of fused-ring (bicyclic) bond motifs is 1. The van der Waals surface area contributed by atoms with Gasteiger partial charge in [0.15, 0.2) is 18.5 Å². The Hall–Kier alpha value is -2.95. The fraction of sp³-hybridized carbons (Fsp3) is 0.526. The van der Waals surface area contributed by atoms with Crippen LogP contribution in [-0.2, 0) is 39.3 Å². The molecule has 3 aromatic rings. The minimum atomic E-state index is -5.21. The van der Waals surface area contributed by atoms with Crippen molar-refractivity contribution in [3.8, 4) is 0 Å². The number of aryl methyl sites for hydroxylation is 1. The third kappa shape index (κ3) is 5.97. The molecule has 2 unspecified atom stereocenters. The van der Waals surface area contributed by atoms with Crippen LogP contribution in [0.4, 0.5) is 5.95 Å².